The first kappa shape index (κ1) is 15.0. The quantitative estimate of drug-likeness (QED) is 0.356. The molecule has 0 unspecified atom stereocenters. The van der Waals surface area contributed by atoms with E-state index in [1.807, 2.05) is 36.4 Å². The van der Waals surface area contributed by atoms with E-state index in [0.717, 1.165) is 27.1 Å². The van der Waals surface area contributed by atoms with Gasteiger partial charge in [0.05, 0.1) is 12.4 Å². The number of nitrogens with zero attached hydrogens (tertiary/aromatic N) is 3. The van der Waals surface area contributed by atoms with Crippen molar-refractivity contribution in [1.82, 2.24) is 15.4 Å². The Morgan fingerprint density at radius 1 is 0.960 bits per heavy atom. The molecule has 1 amide bonds. The largest absolute Gasteiger partial charge is 0.291 e. The predicted octanol–water partition coefficient (Wildman–Crippen LogP) is 3.55. The van der Waals surface area contributed by atoms with Crippen LogP contribution < -0.4 is 5.43 Å². The van der Waals surface area contributed by atoms with Crippen LogP contribution >= 0.6 is 0 Å². The summed E-state index contributed by atoms with van der Waals surface area (Å²) >= 11 is 0. The molecule has 4 aromatic rings. The van der Waals surface area contributed by atoms with Crippen molar-refractivity contribution in [2.45, 2.75) is 0 Å². The third-order valence-corrected chi connectivity index (χ3v) is 3.97. The normalized spacial score (nSPS) is 11.2. The van der Waals surface area contributed by atoms with Gasteiger partial charge in [0.2, 0.25) is 0 Å². The van der Waals surface area contributed by atoms with Crippen molar-refractivity contribution in [2.24, 2.45) is 5.10 Å². The van der Waals surface area contributed by atoms with Gasteiger partial charge in [0.1, 0.15) is 5.69 Å². The highest BCUT2D eigenvalue weighted by molar-refractivity contribution is 6.13. The van der Waals surface area contributed by atoms with Gasteiger partial charge in [-0.05, 0) is 27.6 Å². The Morgan fingerprint density at radius 2 is 1.64 bits per heavy atom. The van der Waals surface area contributed by atoms with Crippen LogP contribution in [0, 0.1) is 0 Å². The lowest BCUT2D eigenvalue weighted by Gasteiger charge is -2.07. The molecule has 1 N–H and O–H groups in total. The fourth-order valence-corrected chi connectivity index (χ4v) is 2.82. The van der Waals surface area contributed by atoms with Crippen LogP contribution in [0.15, 0.2) is 78.3 Å². The van der Waals surface area contributed by atoms with Gasteiger partial charge in [-0.15, -0.1) is 0 Å². The van der Waals surface area contributed by atoms with Gasteiger partial charge >= 0.3 is 0 Å². The monoisotopic (exact) mass is 326 g/mol. The molecular formula is C20H14N4O. The SMILES string of the molecule is O=C(N/N=C\c1c2ccccc2cc2ccccc12)c1cnccn1. The van der Waals surface area contributed by atoms with Gasteiger partial charge in [-0.3, -0.25) is 9.78 Å². The summed E-state index contributed by atoms with van der Waals surface area (Å²) < 4.78 is 0. The molecule has 1 heterocycles. The molecule has 0 saturated heterocycles. The van der Waals surface area contributed by atoms with Crippen molar-refractivity contribution in [3.63, 3.8) is 0 Å². The van der Waals surface area contributed by atoms with Gasteiger partial charge in [-0.25, -0.2) is 10.4 Å². The Bertz CT molecular complexity index is 1040. The fraction of sp³-hybridized carbons (Fsp3) is 0. The van der Waals surface area contributed by atoms with E-state index in [9.17, 15) is 4.79 Å². The Morgan fingerprint density at radius 3 is 2.28 bits per heavy atom. The van der Waals surface area contributed by atoms with Gasteiger partial charge in [-0.1, -0.05) is 48.5 Å². The van der Waals surface area contributed by atoms with E-state index in [4.69, 9.17) is 0 Å². The third-order valence-electron chi connectivity index (χ3n) is 3.97. The maximum absolute atomic E-state index is 12.0. The molecular weight excluding hydrogens is 312 g/mol. The molecule has 25 heavy (non-hydrogen) atoms. The number of hydrazone groups is 1. The summed E-state index contributed by atoms with van der Waals surface area (Å²) in [4.78, 5) is 19.9. The molecule has 0 atom stereocenters. The van der Waals surface area contributed by atoms with Crippen LogP contribution in [0.5, 0.6) is 0 Å². The number of aromatic nitrogens is 2. The second-order valence-electron chi connectivity index (χ2n) is 5.52. The first-order valence-corrected chi connectivity index (χ1v) is 7.83. The molecule has 0 bridgehead atoms. The molecule has 5 nitrogen and oxygen atoms in total. The average Bonchev–Trinajstić information content (AvgIpc) is 2.68. The zero-order chi connectivity index (χ0) is 17.1. The van der Waals surface area contributed by atoms with E-state index in [1.54, 1.807) is 6.21 Å². The van der Waals surface area contributed by atoms with E-state index in [2.05, 4.69) is 38.7 Å². The first-order valence-electron chi connectivity index (χ1n) is 7.83. The number of carbonyl (C=O) groups excluding carboxylic acids is 1. The van der Waals surface area contributed by atoms with E-state index in [1.165, 1.54) is 18.6 Å². The predicted molar refractivity (Wildman–Crippen MR) is 98.5 cm³/mol. The minimum absolute atomic E-state index is 0.224. The molecule has 0 aliphatic carbocycles. The molecule has 0 spiro atoms. The smallest absolute Gasteiger partial charge is 0.265 e. The summed E-state index contributed by atoms with van der Waals surface area (Å²) in [5, 5.41) is 8.55. The molecule has 4 rings (SSSR count). The zero-order valence-corrected chi connectivity index (χ0v) is 13.3. The number of rotatable bonds is 3. The summed E-state index contributed by atoms with van der Waals surface area (Å²) in [6.45, 7) is 0. The molecule has 0 fully saturated rings. The lowest BCUT2D eigenvalue weighted by atomic mass is 9.97. The van der Waals surface area contributed by atoms with Crippen LogP contribution in [0.3, 0.4) is 0 Å². The van der Waals surface area contributed by atoms with Gasteiger partial charge < -0.3 is 0 Å². The third kappa shape index (κ3) is 2.95. The summed E-state index contributed by atoms with van der Waals surface area (Å²) in [6, 6.07) is 18.4. The van der Waals surface area contributed by atoms with Gasteiger partial charge in [-0.2, -0.15) is 5.10 Å². The minimum atomic E-state index is -0.395. The molecule has 0 radical (unpaired) electrons. The molecule has 0 aliphatic rings. The maximum Gasteiger partial charge on any atom is 0.291 e. The maximum atomic E-state index is 12.0. The van der Waals surface area contributed by atoms with Crippen molar-refractivity contribution < 1.29 is 4.79 Å². The number of amides is 1. The summed E-state index contributed by atoms with van der Waals surface area (Å²) in [5.74, 6) is -0.395. The highest BCUT2D eigenvalue weighted by Gasteiger charge is 2.07. The Hall–Kier alpha value is -3.60. The highest BCUT2D eigenvalue weighted by atomic mass is 16.2. The van der Waals surface area contributed by atoms with E-state index in [-0.39, 0.29) is 5.69 Å². The number of benzene rings is 3. The van der Waals surface area contributed by atoms with Crippen LogP contribution in [-0.4, -0.2) is 22.1 Å². The van der Waals surface area contributed by atoms with Crippen LogP contribution in [0.25, 0.3) is 21.5 Å². The summed E-state index contributed by atoms with van der Waals surface area (Å²) in [5.41, 5.74) is 3.70. The van der Waals surface area contributed by atoms with Gasteiger partial charge in [0.25, 0.3) is 5.91 Å². The second-order valence-corrected chi connectivity index (χ2v) is 5.52. The van der Waals surface area contributed by atoms with Crippen molar-refractivity contribution in [3.8, 4) is 0 Å². The number of carbonyl (C=O) groups is 1. The topological polar surface area (TPSA) is 67.2 Å². The standard InChI is InChI=1S/C20H14N4O/c25-20(19-13-21-9-10-22-19)24-23-12-18-16-7-3-1-5-14(16)11-15-6-2-4-8-17(15)18/h1-13H,(H,24,25)/b23-12-. The van der Waals surface area contributed by atoms with E-state index >= 15 is 0 Å². The van der Waals surface area contributed by atoms with Gasteiger partial charge in [0.15, 0.2) is 0 Å². The van der Waals surface area contributed by atoms with Crippen LogP contribution in [-0.2, 0) is 0 Å². The average molecular weight is 326 g/mol. The second kappa shape index (κ2) is 6.49. The molecule has 120 valence electrons. The molecule has 1 aromatic heterocycles. The molecule has 5 heteroatoms. The minimum Gasteiger partial charge on any atom is -0.265 e. The zero-order valence-electron chi connectivity index (χ0n) is 13.3. The molecule has 0 saturated carbocycles. The highest BCUT2D eigenvalue weighted by Crippen LogP contribution is 2.27. The molecule has 3 aromatic carbocycles. The van der Waals surface area contributed by atoms with E-state index < -0.39 is 5.91 Å². The van der Waals surface area contributed by atoms with Crippen LogP contribution in [0.2, 0.25) is 0 Å². The fourth-order valence-electron chi connectivity index (χ4n) is 2.82. The molecule has 0 aliphatic heterocycles. The van der Waals surface area contributed by atoms with Crippen molar-refractivity contribution in [1.29, 1.82) is 0 Å². The van der Waals surface area contributed by atoms with Crippen LogP contribution in [0.1, 0.15) is 16.1 Å². The van der Waals surface area contributed by atoms with Crippen LogP contribution in [0.4, 0.5) is 0 Å². The van der Waals surface area contributed by atoms with Crippen molar-refractivity contribution >= 4 is 33.7 Å². The Kier molecular flexibility index (Phi) is 3.88. The van der Waals surface area contributed by atoms with Gasteiger partial charge in [0, 0.05) is 18.0 Å². The van der Waals surface area contributed by atoms with Crippen molar-refractivity contribution in [3.05, 3.63) is 84.4 Å². The Balaban J connectivity index is 1.73. The number of fused-ring (bicyclic) bond motifs is 2. The number of hydrogen-bond acceptors (Lipinski definition) is 4. The lowest BCUT2D eigenvalue weighted by Crippen LogP contribution is -2.19. The summed E-state index contributed by atoms with van der Waals surface area (Å²) in [6.07, 6.45) is 6.07. The summed E-state index contributed by atoms with van der Waals surface area (Å²) in [7, 11) is 0. The number of hydrogen-bond donors (Lipinski definition) is 1. The van der Waals surface area contributed by atoms with E-state index in [0.29, 0.717) is 0 Å². The van der Waals surface area contributed by atoms with Crippen molar-refractivity contribution in [2.75, 3.05) is 0 Å². The Labute approximate surface area is 144 Å². The first-order chi connectivity index (χ1) is 12.3. The lowest BCUT2D eigenvalue weighted by molar-refractivity contribution is 0.0949. The number of nitrogens with one attached hydrogen (secondary N) is 1.